The quantitative estimate of drug-likeness (QED) is 0.774. The molecule has 4 heterocycles. The lowest BCUT2D eigenvalue weighted by molar-refractivity contribution is -0.116. The van der Waals surface area contributed by atoms with E-state index in [-0.39, 0.29) is 11.8 Å². The van der Waals surface area contributed by atoms with Gasteiger partial charge in [0.15, 0.2) is 11.0 Å². The Balaban J connectivity index is 1.87. The summed E-state index contributed by atoms with van der Waals surface area (Å²) in [5.74, 6) is 1.000. The number of anilines is 1. The molecule has 3 aromatic heterocycles. The molecule has 1 amide bonds. The third kappa shape index (κ3) is 2.43. The van der Waals surface area contributed by atoms with Crippen LogP contribution in [0.25, 0.3) is 5.82 Å². The summed E-state index contributed by atoms with van der Waals surface area (Å²) >= 11 is 5.80. The van der Waals surface area contributed by atoms with E-state index >= 15 is 0 Å². The molecule has 0 radical (unpaired) electrons. The average Bonchev–Trinajstić information content (AvgIpc) is 2.92. The van der Waals surface area contributed by atoms with Crippen LogP contribution in [-0.4, -0.2) is 30.9 Å². The first-order valence-corrected chi connectivity index (χ1v) is 7.80. The van der Waals surface area contributed by atoms with E-state index in [0.29, 0.717) is 23.2 Å². The normalized spacial score (nSPS) is 16.6. The van der Waals surface area contributed by atoms with Crippen LogP contribution in [0.5, 0.6) is 0 Å². The first-order chi connectivity index (χ1) is 11.6. The predicted molar refractivity (Wildman–Crippen MR) is 88.2 cm³/mol. The fourth-order valence-corrected chi connectivity index (χ4v) is 3.12. The lowest BCUT2D eigenvalue weighted by Gasteiger charge is -2.24. The Bertz CT molecular complexity index is 906. The number of aryl methyl sites for hydroxylation is 1. The van der Waals surface area contributed by atoms with E-state index < -0.39 is 0 Å². The summed E-state index contributed by atoms with van der Waals surface area (Å²) in [6.45, 7) is 1.92. The summed E-state index contributed by atoms with van der Waals surface area (Å²) in [4.78, 5) is 16.3. The molecule has 0 bridgehead atoms. The van der Waals surface area contributed by atoms with Gasteiger partial charge in [0.05, 0.1) is 5.69 Å². The molecule has 0 fully saturated rings. The summed E-state index contributed by atoms with van der Waals surface area (Å²) in [5, 5.41) is 15.6. The highest BCUT2D eigenvalue weighted by Crippen LogP contribution is 2.39. The third-order valence-electron chi connectivity index (χ3n) is 4.05. The van der Waals surface area contributed by atoms with E-state index in [2.05, 4.69) is 25.6 Å². The van der Waals surface area contributed by atoms with Crippen LogP contribution in [0.2, 0.25) is 5.15 Å². The number of carbonyl (C=O) groups excluding carboxylic acids is 1. The van der Waals surface area contributed by atoms with Crippen molar-refractivity contribution in [1.29, 1.82) is 0 Å². The van der Waals surface area contributed by atoms with E-state index in [1.165, 1.54) is 0 Å². The largest absolute Gasteiger partial charge is 0.310 e. The van der Waals surface area contributed by atoms with Gasteiger partial charge < -0.3 is 5.32 Å². The number of fused-ring (bicyclic) bond motifs is 1. The summed E-state index contributed by atoms with van der Waals surface area (Å²) in [5.41, 5.74) is 2.85. The van der Waals surface area contributed by atoms with Crippen LogP contribution in [0, 0.1) is 6.92 Å². The number of nitrogens with one attached hydrogen (secondary N) is 1. The second kappa shape index (κ2) is 5.68. The molecule has 0 aromatic carbocycles. The first kappa shape index (κ1) is 14.8. The molecular weight excluding hydrogens is 328 g/mol. The van der Waals surface area contributed by atoms with E-state index in [1.807, 2.05) is 19.1 Å². The number of amides is 1. The van der Waals surface area contributed by atoms with Crippen molar-refractivity contribution in [2.75, 3.05) is 5.32 Å². The highest BCUT2D eigenvalue weighted by atomic mass is 35.5. The lowest BCUT2D eigenvalue weighted by atomic mass is 9.86. The van der Waals surface area contributed by atoms with Crippen molar-refractivity contribution in [2.24, 2.45) is 0 Å². The van der Waals surface area contributed by atoms with Gasteiger partial charge >= 0.3 is 0 Å². The Morgan fingerprint density at radius 2 is 2.00 bits per heavy atom. The van der Waals surface area contributed by atoms with E-state index in [1.54, 1.807) is 29.2 Å². The zero-order valence-corrected chi connectivity index (χ0v) is 13.5. The maximum atomic E-state index is 12.2. The highest BCUT2D eigenvalue weighted by molar-refractivity contribution is 6.29. The van der Waals surface area contributed by atoms with Crippen molar-refractivity contribution in [3.05, 3.63) is 58.6 Å². The molecule has 120 valence electrons. The smallest absolute Gasteiger partial charge is 0.226 e. The molecule has 1 unspecified atom stereocenters. The van der Waals surface area contributed by atoms with Crippen LogP contribution < -0.4 is 5.32 Å². The van der Waals surface area contributed by atoms with E-state index in [9.17, 15) is 4.79 Å². The number of nitrogens with zero attached hydrogens (tertiary/aromatic N) is 5. The van der Waals surface area contributed by atoms with Crippen molar-refractivity contribution in [2.45, 2.75) is 19.3 Å². The van der Waals surface area contributed by atoms with Gasteiger partial charge in [-0.05, 0) is 36.8 Å². The van der Waals surface area contributed by atoms with Crippen LogP contribution in [0.15, 0.2) is 36.7 Å². The number of carbonyl (C=O) groups is 1. The topological polar surface area (TPSA) is 85.6 Å². The minimum Gasteiger partial charge on any atom is -0.310 e. The molecule has 1 N–H and O–H groups in total. The maximum absolute atomic E-state index is 12.2. The predicted octanol–water partition coefficient (Wildman–Crippen LogP) is 2.49. The number of hydrogen-bond acceptors (Lipinski definition) is 5. The SMILES string of the molecule is Cc1nn(-c2ccc(Cl)nn2)c2c1C(c1ccncc1)CC(=O)N2. The van der Waals surface area contributed by atoms with Gasteiger partial charge in [-0.2, -0.15) is 9.78 Å². The molecule has 4 rings (SSSR count). The van der Waals surface area contributed by atoms with Gasteiger partial charge in [0, 0.05) is 30.3 Å². The van der Waals surface area contributed by atoms with E-state index in [0.717, 1.165) is 16.8 Å². The first-order valence-electron chi connectivity index (χ1n) is 7.42. The monoisotopic (exact) mass is 340 g/mol. The maximum Gasteiger partial charge on any atom is 0.226 e. The summed E-state index contributed by atoms with van der Waals surface area (Å²) in [7, 11) is 0. The van der Waals surface area contributed by atoms with Crippen molar-refractivity contribution in [1.82, 2.24) is 25.0 Å². The molecule has 8 heteroatoms. The summed E-state index contributed by atoms with van der Waals surface area (Å²) in [6.07, 6.45) is 3.83. The van der Waals surface area contributed by atoms with Gasteiger partial charge in [0.2, 0.25) is 5.91 Å². The second-order valence-electron chi connectivity index (χ2n) is 5.56. The van der Waals surface area contributed by atoms with Crippen LogP contribution >= 0.6 is 11.6 Å². The molecular formula is C16H13ClN6O. The number of pyridine rings is 1. The molecule has 7 nitrogen and oxygen atoms in total. The summed E-state index contributed by atoms with van der Waals surface area (Å²) in [6, 6.07) is 7.19. The van der Waals surface area contributed by atoms with Crippen LogP contribution in [0.1, 0.15) is 29.2 Å². The molecule has 3 aromatic rings. The number of hydrogen-bond donors (Lipinski definition) is 1. The van der Waals surface area contributed by atoms with E-state index in [4.69, 9.17) is 11.6 Å². The molecule has 0 aliphatic carbocycles. The highest BCUT2D eigenvalue weighted by Gasteiger charge is 2.32. The molecule has 0 saturated carbocycles. The Morgan fingerprint density at radius 1 is 1.21 bits per heavy atom. The van der Waals surface area contributed by atoms with Crippen LogP contribution in [-0.2, 0) is 4.79 Å². The van der Waals surface area contributed by atoms with Crippen LogP contribution in [0.3, 0.4) is 0 Å². The Hall–Kier alpha value is -2.80. The van der Waals surface area contributed by atoms with Gasteiger partial charge in [0.1, 0.15) is 5.82 Å². The molecule has 0 spiro atoms. The summed E-state index contributed by atoms with van der Waals surface area (Å²) < 4.78 is 1.60. The molecule has 1 aliphatic rings. The minimum atomic E-state index is -0.0641. The van der Waals surface area contributed by atoms with Gasteiger partial charge in [-0.3, -0.25) is 9.78 Å². The van der Waals surface area contributed by atoms with Crippen LogP contribution in [0.4, 0.5) is 5.82 Å². The standard InChI is InChI=1S/C16H13ClN6O/c1-9-15-11(10-4-6-18-7-5-10)8-14(24)19-16(15)23(22-9)13-3-2-12(17)20-21-13/h2-7,11H,8H2,1H3,(H,19,24). The van der Waals surface area contributed by atoms with Gasteiger partial charge in [-0.25, -0.2) is 0 Å². The lowest BCUT2D eigenvalue weighted by Crippen LogP contribution is -2.25. The van der Waals surface area contributed by atoms with Crippen molar-refractivity contribution >= 4 is 23.3 Å². The Kier molecular flexibility index (Phi) is 3.50. The zero-order valence-electron chi connectivity index (χ0n) is 12.8. The van der Waals surface area contributed by atoms with Gasteiger partial charge in [-0.1, -0.05) is 11.6 Å². The molecule has 1 atom stereocenters. The Morgan fingerprint density at radius 3 is 2.71 bits per heavy atom. The van der Waals surface area contributed by atoms with Gasteiger partial charge in [0.25, 0.3) is 0 Å². The average molecular weight is 341 g/mol. The molecule has 24 heavy (non-hydrogen) atoms. The Labute approximate surface area is 142 Å². The number of halogens is 1. The minimum absolute atomic E-state index is 0.0626. The molecule has 1 aliphatic heterocycles. The fraction of sp³-hybridized carbons (Fsp3) is 0.188. The van der Waals surface area contributed by atoms with Crippen molar-refractivity contribution in [3.63, 3.8) is 0 Å². The third-order valence-corrected chi connectivity index (χ3v) is 4.25. The second-order valence-corrected chi connectivity index (χ2v) is 5.95. The van der Waals surface area contributed by atoms with Crippen molar-refractivity contribution < 1.29 is 4.79 Å². The molecule has 0 saturated heterocycles. The number of rotatable bonds is 2. The van der Waals surface area contributed by atoms with Gasteiger partial charge in [-0.15, -0.1) is 10.2 Å². The van der Waals surface area contributed by atoms with Crippen molar-refractivity contribution in [3.8, 4) is 5.82 Å². The fourth-order valence-electron chi connectivity index (χ4n) is 3.02. The number of aromatic nitrogens is 5. The zero-order chi connectivity index (χ0) is 16.7.